The Balaban J connectivity index is 1.88. The summed E-state index contributed by atoms with van der Waals surface area (Å²) >= 11 is 5.55. The third-order valence-electron chi connectivity index (χ3n) is 12.4. The number of benzene rings is 1. The molecule has 1 aromatic carbocycles. The van der Waals surface area contributed by atoms with E-state index in [-0.39, 0.29) is 70.1 Å². The molecule has 0 aromatic heterocycles. The van der Waals surface area contributed by atoms with E-state index in [0.717, 1.165) is 11.3 Å². The molecule has 1 aliphatic rings. The van der Waals surface area contributed by atoms with Gasteiger partial charge in [-0.05, 0) is 56.1 Å². The van der Waals surface area contributed by atoms with E-state index in [0.29, 0.717) is 88.4 Å². The van der Waals surface area contributed by atoms with Gasteiger partial charge < -0.3 is 56.0 Å². The molecule has 0 radical (unpaired) electrons. The first kappa shape index (κ1) is 66.3. The highest BCUT2D eigenvalue weighted by Gasteiger charge is 2.41. The van der Waals surface area contributed by atoms with E-state index in [4.69, 9.17) is 31.2 Å². The fraction of sp³-hybridized carbons (Fsp3) is 0.694. The van der Waals surface area contributed by atoms with Crippen molar-refractivity contribution < 1.29 is 62.4 Å². The van der Waals surface area contributed by atoms with E-state index in [1.807, 2.05) is 50.8 Å². The molecule has 424 valence electrons. The summed E-state index contributed by atoms with van der Waals surface area (Å²) in [5, 5.41) is 27.0. The lowest BCUT2D eigenvalue weighted by Gasteiger charge is -2.38. The molecule has 3 unspecified atom stereocenters. The second kappa shape index (κ2) is 35.5. The first-order chi connectivity index (χ1) is 35.6. The molecule has 0 bridgehead atoms. The number of hydrogen-bond donors (Lipinski definition) is 7. The van der Waals surface area contributed by atoms with Gasteiger partial charge in [0.15, 0.2) is 5.11 Å². The second-order valence-corrected chi connectivity index (χ2v) is 22.1. The Kier molecular flexibility index (Phi) is 31.4. The molecular formula is C49H82N10O13S3. The number of thiocarbonyl (C=S) groups is 1. The number of carbonyl (C=O) groups excluding carboxylic acids is 8. The van der Waals surface area contributed by atoms with Gasteiger partial charge in [-0.2, -0.15) is 0 Å². The molecule has 7 N–H and O–H groups in total. The van der Waals surface area contributed by atoms with Crippen molar-refractivity contribution in [2.45, 2.75) is 66.0 Å². The van der Waals surface area contributed by atoms with Crippen molar-refractivity contribution in [2.75, 3.05) is 150 Å². The zero-order chi connectivity index (χ0) is 56.0. The summed E-state index contributed by atoms with van der Waals surface area (Å²) in [5.41, 5.74) is -0.141. The van der Waals surface area contributed by atoms with Gasteiger partial charge in [0.05, 0.1) is 73.8 Å². The number of ether oxygens (including phenoxy) is 4. The summed E-state index contributed by atoms with van der Waals surface area (Å²) < 4.78 is 20.0. The Bertz CT molecular complexity index is 2010. The molecule has 1 aliphatic heterocycles. The molecule has 26 heteroatoms. The minimum absolute atomic E-state index is 0.00970. The number of carbonyl (C=O) groups is 8. The highest BCUT2D eigenvalue weighted by atomic mass is 33.1. The lowest BCUT2D eigenvalue weighted by molar-refractivity contribution is -0.145. The van der Waals surface area contributed by atoms with Gasteiger partial charge in [-0.15, -0.1) is 0 Å². The van der Waals surface area contributed by atoms with Crippen molar-refractivity contribution in [2.24, 2.45) is 10.8 Å². The maximum Gasteiger partial charge on any atom is 0.319 e. The molecule has 0 saturated carbocycles. The van der Waals surface area contributed by atoms with Crippen LogP contribution in [0.3, 0.4) is 0 Å². The summed E-state index contributed by atoms with van der Waals surface area (Å²) in [6, 6.07) is 7.41. The Labute approximate surface area is 455 Å². The van der Waals surface area contributed by atoms with Gasteiger partial charge in [-0.3, -0.25) is 58.0 Å². The van der Waals surface area contributed by atoms with Crippen LogP contribution in [0.15, 0.2) is 24.3 Å². The lowest BCUT2D eigenvalue weighted by atomic mass is 9.71. The van der Waals surface area contributed by atoms with E-state index >= 15 is 0 Å². The molecule has 1 aromatic rings. The largest absolute Gasteiger partial charge is 0.468 e. The molecule has 1 saturated heterocycles. The predicted molar refractivity (Wildman–Crippen MR) is 293 cm³/mol. The minimum atomic E-state index is -0.978. The Morgan fingerprint density at radius 3 is 1.68 bits per heavy atom. The van der Waals surface area contributed by atoms with E-state index in [9.17, 15) is 43.5 Å². The zero-order valence-electron chi connectivity index (χ0n) is 45.2. The SMILES string of the molecule is CCC(C)(CC(C)(C)C(=O)NCC(=O)NCC(=O)NCCSSCCNC(=S)Nc1ccc(CC2CN(CC(=O)OC)CCN(CC(=O)OC)CCN(CC(=O)OC)CCN2CC(=O)OC)cc1)C(=O)NCC(C)O. The van der Waals surface area contributed by atoms with Crippen LogP contribution in [-0.2, 0) is 63.7 Å². The summed E-state index contributed by atoms with van der Waals surface area (Å²) in [6.07, 6.45) is 0.466. The molecule has 23 nitrogen and oxygen atoms in total. The summed E-state index contributed by atoms with van der Waals surface area (Å²) in [4.78, 5) is 109. The fourth-order valence-corrected chi connectivity index (χ4v) is 9.92. The maximum absolute atomic E-state index is 13.0. The van der Waals surface area contributed by atoms with Crippen LogP contribution in [0, 0.1) is 10.8 Å². The van der Waals surface area contributed by atoms with Crippen LogP contribution in [0.4, 0.5) is 5.69 Å². The second-order valence-electron chi connectivity index (χ2n) is 19.0. The fourth-order valence-electron chi connectivity index (χ4n) is 7.89. The van der Waals surface area contributed by atoms with E-state index < -0.39 is 52.6 Å². The van der Waals surface area contributed by atoms with Crippen molar-refractivity contribution >= 4 is 92.1 Å². The molecule has 0 aliphatic carbocycles. The molecule has 2 rings (SSSR count). The third kappa shape index (κ3) is 27.2. The standard InChI is InChI=1S/C49H82N10O13S3/c1-10-49(5,46(68)53-26-35(2)60)34-48(3,4)45(67)54-28-40(62)52-27-39(61)50-15-23-74-75-24-16-51-47(73)55-37-13-11-36(12-14-37)25-38-29-58(32-43(65)71-8)20-19-56(30-41(63)69-6)17-18-57(31-42(64)70-7)21-22-59(38)33-44(66)72-9/h11-14,35,38,60H,10,15-34H2,1-9H3,(H,50,61)(H,52,62)(H,53,68)(H,54,67)(H2,51,55,73). The normalized spacial score (nSPS) is 16.5. The van der Waals surface area contributed by atoms with Gasteiger partial charge in [0.25, 0.3) is 0 Å². The van der Waals surface area contributed by atoms with E-state index in [1.54, 1.807) is 49.3 Å². The number of anilines is 1. The smallest absolute Gasteiger partial charge is 0.319 e. The van der Waals surface area contributed by atoms with Crippen LogP contribution in [-0.4, -0.2) is 234 Å². The van der Waals surface area contributed by atoms with Gasteiger partial charge >= 0.3 is 23.9 Å². The Morgan fingerprint density at radius 2 is 1.15 bits per heavy atom. The molecule has 1 fully saturated rings. The number of hydrogen-bond acceptors (Lipinski definition) is 20. The molecular weight excluding hydrogens is 1030 g/mol. The van der Waals surface area contributed by atoms with Gasteiger partial charge in [0.2, 0.25) is 23.6 Å². The molecule has 3 atom stereocenters. The number of aliphatic hydroxyl groups is 1. The first-order valence-electron chi connectivity index (χ1n) is 24.9. The Morgan fingerprint density at radius 1 is 0.667 bits per heavy atom. The number of amides is 4. The average molecular weight is 1120 g/mol. The molecule has 4 amide bonds. The van der Waals surface area contributed by atoms with Crippen molar-refractivity contribution in [3.05, 3.63) is 29.8 Å². The van der Waals surface area contributed by atoms with Crippen LogP contribution in [0.2, 0.25) is 0 Å². The highest BCUT2D eigenvalue weighted by Crippen LogP contribution is 2.37. The number of rotatable bonds is 29. The summed E-state index contributed by atoms with van der Waals surface area (Å²) in [5.74, 6) is -1.93. The number of methoxy groups -OCH3 is 4. The summed E-state index contributed by atoms with van der Waals surface area (Å²) in [7, 11) is 8.47. The molecule has 0 spiro atoms. The van der Waals surface area contributed by atoms with Crippen molar-refractivity contribution in [1.82, 2.24) is 46.2 Å². The molecule has 75 heavy (non-hydrogen) atoms. The van der Waals surface area contributed by atoms with E-state index in [2.05, 4.69) is 31.9 Å². The van der Waals surface area contributed by atoms with Gasteiger partial charge in [-0.1, -0.05) is 61.4 Å². The number of nitrogens with zero attached hydrogens (tertiary/aromatic N) is 4. The van der Waals surface area contributed by atoms with Crippen LogP contribution < -0.4 is 31.9 Å². The van der Waals surface area contributed by atoms with Crippen molar-refractivity contribution in [3.63, 3.8) is 0 Å². The van der Waals surface area contributed by atoms with Crippen LogP contribution in [0.1, 0.15) is 53.0 Å². The highest BCUT2D eigenvalue weighted by molar-refractivity contribution is 8.76. The third-order valence-corrected chi connectivity index (χ3v) is 15.0. The predicted octanol–water partition coefficient (Wildman–Crippen LogP) is -0.143. The number of nitrogens with one attached hydrogen (secondary N) is 6. The minimum Gasteiger partial charge on any atom is -0.468 e. The maximum atomic E-state index is 13.0. The Hall–Kier alpha value is -4.83. The van der Waals surface area contributed by atoms with Crippen LogP contribution in [0.5, 0.6) is 0 Å². The van der Waals surface area contributed by atoms with Gasteiger partial charge in [-0.25, -0.2) is 0 Å². The zero-order valence-corrected chi connectivity index (χ0v) is 47.6. The number of aliphatic hydroxyl groups excluding tert-OH is 1. The molecule has 1 heterocycles. The topological polar surface area (TPSA) is 279 Å². The van der Waals surface area contributed by atoms with Crippen molar-refractivity contribution in [3.8, 4) is 0 Å². The van der Waals surface area contributed by atoms with Crippen molar-refractivity contribution in [1.29, 1.82) is 0 Å². The summed E-state index contributed by atoms with van der Waals surface area (Å²) in [6.45, 7) is 11.8. The van der Waals surface area contributed by atoms with Crippen LogP contribution in [0.25, 0.3) is 0 Å². The van der Waals surface area contributed by atoms with E-state index in [1.165, 1.54) is 28.4 Å². The van der Waals surface area contributed by atoms with Gasteiger partial charge in [0.1, 0.15) is 0 Å². The monoisotopic (exact) mass is 1110 g/mol. The average Bonchev–Trinajstić information content (AvgIpc) is 3.38. The first-order valence-corrected chi connectivity index (χ1v) is 27.8. The quantitative estimate of drug-likeness (QED) is 0.0181. The van der Waals surface area contributed by atoms with Crippen LogP contribution >= 0.6 is 33.8 Å². The lowest BCUT2D eigenvalue weighted by Crippen LogP contribution is -2.53. The van der Waals surface area contributed by atoms with Gasteiger partial charge in [0, 0.05) is 99.5 Å². The number of esters is 4.